The molecule has 0 heterocycles. The van der Waals surface area contributed by atoms with Gasteiger partial charge in [-0.2, -0.15) is 0 Å². The highest BCUT2D eigenvalue weighted by molar-refractivity contribution is 5.77. The number of ether oxygens (including phenoxy) is 1. The average Bonchev–Trinajstić information content (AvgIpc) is 3.32. The van der Waals surface area contributed by atoms with E-state index < -0.39 is 0 Å². The molecule has 0 atom stereocenters. The molecule has 0 aliphatic heterocycles. The van der Waals surface area contributed by atoms with Crippen molar-refractivity contribution in [3.63, 3.8) is 0 Å². The minimum absolute atomic E-state index is 0.102. The molecule has 0 bridgehead atoms. The molecule has 0 radical (unpaired) electrons. The number of carbonyl (C=O) groups is 1. The number of benzene rings is 2. The third-order valence-corrected chi connectivity index (χ3v) is 3.32. The monoisotopic (exact) mass is 267 g/mol. The maximum Gasteiger partial charge on any atom is 0.314 e. The summed E-state index contributed by atoms with van der Waals surface area (Å²) in [4.78, 5) is 11.5. The summed E-state index contributed by atoms with van der Waals surface area (Å²) >= 11 is 0. The number of anilines is 1. The smallest absolute Gasteiger partial charge is 0.314 e. The van der Waals surface area contributed by atoms with Crippen LogP contribution in [-0.4, -0.2) is 5.97 Å². The van der Waals surface area contributed by atoms with Crippen molar-refractivity contribution in [3.05, 3.63) is 60.2 Å². The first-order valence-electron chi connectivity index (χ1n) is 6.91. The molecule has 3 rings (SSSR count). The van der Waals surface area contributed by atoms with Gasteiger partial charge < -0.3 is 10.1 Å². The van der Waals surface area contributed by atoms with Crippen molar-refractivity contribution >= 4 is 11.7 Å². The highest BCUT2D eigenvalue weighted by Crippen LogP contribution is 2.31. The summed E-state index contributed by atoms with van der Waals surface area (Å²) in [5.41, 5.74) is 2.25. The Balaban J connectivity index is 1.54. The Labute approximate surface area is 118 Å². The summed E-state index contributed by atoms with van der Waals surface area (Å²) in [5.74, 6) is 0.646. The van der Waals surface area contributed by atoms with Gasteiger partial charge in [-0.05, 0) is 42.7 Å². The number of rotatable bonds is 5. The summed E-state index contributed by atoms with van der Waals surface area (Å²) in [7, 11) is 0. The maximum absolute atomic E-state index is 11.5. The number of nitrogens with one attached hydrogen (secondary N) is 1. The van der Waals surface area contributed by atoms with Crippen LogP contribution in [0.25, 0.3) is 0 Å². The Morgan fingerprint density at radius 3 is 2.40 bits per heavy atom. The fourth-order valence-electron chi connectivity index (χ4n) is 1.96. The van der Waals surface area contributed by atoms with Gasteiger partial charge in [0.2, 0.25) is 0 Å². The molecular weight excluding hydrogens is 250 g/mol. The van der Waals surface area contributed by atoms with Crippen LogP contribution >= 0.6 is 0 Å². The third-order valence-electron chi connectivity index (χ3n) is 3.32. The zero-order valence-electron chi connectivity index (χ0n) is 11.2. The van der Waals surface area contributed by atoms with Crippen LogP contribution in [0.2, 0.25) is 0 Å². The first-order chi connectivity index (χ1) is 9.81. The van der Waals surface area contributed by atoms with Crippen LogP contribution in [0.5, 0.6) is 5.75 Å². The number of hydrogen-bond acceptors (Lipinski definition) is 3. The fourth-order valence-corrected chi connectivity index (χ4v) is 1.96. The molecule has 1 fully saturated rings. The van der Waals surface area contributed by atoms with Crippen molar-refractivity contribution in [1.82, 2.24) is 0 Å². The Morgan fingerprint density at radius 1 is 1.05 bits per heavy atom. The van der Waals surface area contributed by atoms with Crippen LogP contribution in [0.15, 0.2) is 54.6 Å². The maximum atomic E-state index is 11.5. The zero-order chi connectivity index (χ0) is 13.8. The lowest BCUT2D eigenvalue weighted by Crippen LogP contribution is -2.09. The molecular formula is C17H17NO2. The van der Waals surface area contributed by atoms with Crippen molar-refractivity contribution in [3.8, 4) is 5.75 Å². The SMILES string of the molecule is O=C(Oc1ccc(NCc2ccccc2)cc1)C1CC1. The summed E-state index contributed by atoms with van der Waals surface area (Å²) in [5, 5.41) is 3.34. The van der Waals surface area contributed by atoms with Crippen LogP contribution in [0, 0.1) is 5.92 Å². The molecule has 1 saturated carbocycles. The van der Waals surface area contributed by atoms with E-state index in [1.165, 1.54) is 5.56 Å². The van der Waals surface area contributed by atoms with Gasteiger partial charge in [0.1, 0.15) is 5.75 Å². The minimum Gasteiger partial charge on any atom is -0.426 e. The van der Waals surface area contributed by atoms with Gasteiger partial charge in [0.25, 0.3) is 0 Å². The summed E-state index contributed by atoms with van der Waals surface area (Å²) in [6.45, 7) is 0.780. The van der Waals surface area contributed by atoms with E-state index in [0.29, 0.717) is 5.75 Å². The molecule has 0 amide bonds. The van der Waals surface area contributed by atoms with E-state index in [0.717, 1.165) is 25.1 Å². The van der Waals surface area contributed by atoms with E-state index in [1.54, 1.807) is 0 Å². The highest BCUT2D eigenvalue weighted by Gasteiger charge is 2.31. The molecule has 1 aliphatic carbocycles. The van der Waals surface area contributed by atoms with Gasteiger partial charge in [-0.25, -0.2) is 0 Å². The quantitative estimate of drug-likeness (QED) is 0.664. The van der Waals surface area contributed by atoms with Crippen LogP contribution in [0.1, 0.15) is 18.4 Å². The molecule has 3 heteroatoms. The third kappa shape index (κ3) is 3.38. The van der Waals surface area contributed by atoms with E-state index in [4.69, 9.17) is 4.74 Å². The highest BCUT2D eigenvalue weighted by atomic mass is 16.5. The molecule has 1 aliphatic rings. The van der Waals surface area contributed by atoms with E-state index in [-0.39, 0.29) is 11.9 Å². The van der Waals surface area contributed by atoms with Crippen molar-refractivity contribution in [2.45, 2.75) is 19.4 Å². The largest absolute Gasteiger partial charge is 0.426 e. The molecule has 3 nitrogen and oxygen atoms in total. The normalized spacial score (nSPS) is 13.8. The number of esters is 1. The fraction of sp³-hybridized carbons (Fsp3) is 0.235. The van der Waals surface area contributed by atoms with Gasteiger partial charge in [0.15, 0.2) is 0 Å². The number of hydrogen-bond donors (Lipinski definition) is 1. The second-order valence-electron chi connectivity index (χ2n) is 5.06. The summed E-state index contributed by atoms with van der Waals surface area (Å²) < 4.78 is 5.29. The van der Waals surface area contributed by atoms with Crippen molar-refractivity contribution in [1.29, 1.82) is 0 Å². The Hall–Kier alpha value is -2.29. The molecule has 102 valence electrons. The predicted octanol–water partition coefficient (Wildman–Crippen LogP) is 3.61. The topological polar surface area (TPSA) is 38.3 Å². The molecule has 20 heavy (non-hydrogen) atoms. The average molecular weight is 267 g/mol. The van der Waals surface area contributed by atoms with Crippen molar-refractivity contribution < 1.29 is 9.53 Å². The van der Waals surface area contributed by atoms with Crippen LogP contribution in [-0.2, 0) is 11.3 Å². The van der Waals surface area contributed by atoms with Crippen LogP contribution < -0.4 is 10.1 Å². The van der Waals surface area contributed by atoms with Gasteiger partial charge in [-0.1, -0.05) is 30.3 Å². The molecule has 0 aromatic heterocycles. The molecule has 0 saturated heterocycles. The van der Waals surface area contributed by atoms with Crippen LogP contribution in [0.4, 0.5) is 5.69 Å². The zero-order valence-corrected chi connectivity index (χ0v) is 11.2. The minimum atomic E-state index is -0.102. The van der Waals surface area contributed by atoms with E-state index >= 15 is 0 Å². The predicted molar refractivity (Wildman–Crippen MR) is 78.6 cm³/mol. The second-order valence-corrected chi connectivity index (χ2v) is 5.06. The van der Waals surface area contributed by atoms with Crippen molar-refractivity contribution in [2.24, 2.45) is 5.92 Å². The molecule has 0 spiro atoms. The molecule has 0 unspecified atom stereocenters. The lowest BCUT2D eigenvalue weighted by Gasteiger charge is -2.08. The standard InChI is InChI=1S/C17H17NO2/c19-17(14-6-7-14)20-16-10-8-15(9-11-16)18-12-13-4-2-1-3-5-13/h1-5,8-11,14,18H,6-7,12H2. The van der Waals surface area contributed by atoms with E-state index in [2.05, 4.69) is 17.4 Å². The molecule has 1 N–H and O–H groups in total. The van der Waals surface area contributed by atoms with Gasteiger partial charge in [0.05, 0.1) is 5.92 Å². The second kappa shape index (κ2) is 5.78. The van der Waals surface area contributed by atoms with Gasteiger partial charge >= 0.3 is 5.97 Å². The van der Waals surface area contributed by atoms with Gasteiger partial charge in [-0.15, -0.1) is 0 Å². The van der Waals surface area contributed by atoms with Gasteiger partial charge in [-0.3, -0.25) is 4.79 Å². The number of carbonyl (C=O) groups excluding carboxylic acids is 1. The van der Waals surface area contributed by atoms with Crippen LogP contribution in [0.3, 0.4) is 0 Å². The Kier molecular flexibility index (Phi) is 3.68. The lowest BCUT2D eigenvalue weighted by atomic mass is 10.2. The first-order valence-corrected chi connectivity index (χ1v) is 6.91. The van der Waals surface area contributed by atoms with Crippen molar-refractivity contribution in [2.75, 3.05) is 5.32 Å². The molecule has 2 aromatic carbocycles. The summed E-state index contributed by atoms with van der Waals surface area (Å²) in [6, 6.07) is 17.7. The van der Waals surface area contributed by atoms with Gasteiger partial charge in [0, 0.05) is 12.2 Å². The Bertz CT molecular complexity index is 574. The Morgan fingerprint density at radius 2 is 1.75 bits per heavy atom. The molecule has 2 aromatic rings. The first kappa shape index (κ1) is 12.7. The van der Waals surface area contributed by atoms with E-state index in [1.807, 2.05) is 42.5 Å². The lowest BCUT2D eigenvalue weighted by molar-refractivity contribution is -0.135. The van der Waals surface area contributed by atoms with E-state index in [9.17, 15) is 4.79 Å². The summed E-state index contributed by atoms with van der Waals surface area (Å²) in [6.07, 6.45) is 1.94.